The van der Waals surface area contributed by atoms with Crippen molar-refractivity contribution in [3.63, 3.8) is 0 Å². The second-order valence-corrected chi connectivity index (χ2v) is 8.11. The summed E-state index contributed by atoms with van der Waals surface area (Å²) in [7, 11) is 1.79. The van der Waals surface area contributed by atoms with Crippen molar-refractivity contribution in [3.05, 3.63) is 29.5 Å². The SMILES string of the molecule is CCC(C)[C@H]1C[C@H]2c3[nH]c4cccc(OC)c4c3CCN2C[C@H]1CC. The Hall–Kier alpha value is -1.48. The number of piperidine rings is 1. The first-order chi connectivity index (χ1) is 12.2. The second kappa shape index (κ2) is 6.68. The van der Waals surface area contributed by atoms with Gasteiger partial charge < -0.3 is 9.72 Å². The number of aromatic nitrogens is 1. The highest BCUT2D eigenvalue weighted by Gasteiger charge is 2.41. The van der Waals surface area contributed by atoms with Crippen LogP contribution < -0.4 is 4.74 Å². The Morgan fingerprint density at radius 3 is 2.88 bits per heavy atom. The monoisotopic (exact) mass is 340 g/mol. The van der Waals surface area contributed by atoms with Crippen LogP contribution in [0.25, 0.3) is 10.9 Å². The van der Waals surface area contributed by atoms with Gasteiger partial charge in [0.15, 0.2) is 0 Å². The van der Waals surface area contributed by atoms with Crippen LogP contribution in [0.5, 0.6) is 5.75 Å². The third-order valence-electron chi connectivity index (χ3n) is 7.03. The number of nitrogens with one attached hydrogen (secondary N) is 1. The molecule has 0 bridgehead atoms. The molecule has 0 saturated carbocycles. The molecule has 4 rings (SSSR count). The molecule has 1 fully saturated rings. The zero-order chi connectivity index (χ0) is 17.6. The molecule has 1 aromatic heterocycles. The van der Waals surface area contributed by atoms with E-state index in [1.54, 1.807) is 7.11 Å². The summed E-state index contributed by atoms with van der Waals surface area (Å²) >= 11 is 0. The lowest BCUT2D eigenvalue weighted by Gasteiger charge is -2.48. The van der Waals surface area contributed by atoms with Crippen molar-refractivity contribution in [3.8, 4) is 5.75 Å². The zero-order valence-corrected chi connectivity index (χ0v) is 16.1. The van der Waals surface area contributed by atoms with Crippen LogP contribution in [0.15, 0.2) is 18.2 Å². The minimum atomic E-state index is 0.558. The number of benzene rings is 1. The summed E-state index contributed by atoms with van der Waals surface area (Å²) in [5, 5.41) is 1.32. The second-order valence-electron chi connectivity index (χ2n) is 8.11. The van der Waals surface area contributed by atoms with Crippen molar-refractivity contribution in [2.24, 2.45) is 17.8 Å². The highest BCUT2D eigenvalue weighted by molar-refractivity contribution is 5.91. The van der Waals surface area contributed by atoms with Crippen molar-refractivity contribution < 1.29 is 4.74 Å². The topological polar surface area (TPSA) is 28.3 Å². The molecule has 2 aromatic rings. The maximum absolute atomic E-state index is 5.67. The highest BCUT2D eigenvalue weighted by atomic mass is 16.5. The van der Waals surface area contributed by atoms with Gasteiger partial charge in [-0.1, -0.05) is 39.7 Å². The van der Waals surface area contributed by atoms with Crippen molar-refractivity contribution in [2.45, 2.75) is 52.5 Å². The lowest BCUT2D eigenvalue weighted by atomic mass is 9.71. The molecule has 0 aliphatic carbocycles. The zero-order valence-electron chi connectivity index (χ0n) is 16.1. The van der Waals surface area contributed by atoms with E-state index in [-0.39, 0.29) is 0 Å². The van der Waals surface area contributed by atoms with Crippen molar-refractivity contribution in [1.29, 1.82) is 0 Å². The molecule has 3 heteroatoms. The average molecular weight is 341 g/mol. The fraction of sp³-hybridized carbons (Fsp3) is 0.636. The Morgan fingerprint density at radius 1 is 1.32 bits per heavy atom. The molecule has 0 radical (unpaired) electrons. The Kier molecular flexibility index (Phi) is 4.53. The van der Waals surface area contributed by atoms with E-state index < -0.39 is 0 Å². The minimum Gasteiger partial charge on any atom is -0.496 e. The summed E-state index contributed by atoms with van der Waals surface area (Å²) < 4.78 is 5.67. The van der Waals surface area contributed by atoms with E-state index in [0.717, 1.165) is 29.9 Å². The highest BCUT2D eigenvalue weighted by Crippen LogP contribution is 2.47. The van der Waals surface area contributed by atoms with Gasteiger partial charge in [0.05, 0.1) is 13.2 Å². The van der Waals surface area contributed by atoms with Crippen molar-refractivity contribution in [2.75, 3.05) is 20.2 Å². The molecule has 1 unspecified atom stereocenters. The minimum absolute atomic E-state index is 0.558. The number of aromatic amines is 1. The molecular weight excluding hydrogens is 308 g/mol. The maximum Gasteiger partial charge on any atom is 0.128 e. The molecule has 25 heavy (non-hydrogen) atoms. The average Bonchev–Trinajstić information content (AvgIpc) is 3.05. The van der Waals surface area contributed by atoms with Crippen LogP contribution in [0.2, 0.25) is 0 Å². The third-order valence-corrected chi connectivity index (χ3v) is 7.03. The Bertz CT molecular complexity index is 750. The van der Waals surface area contributed by atoms with Crippen LogP contribution in [0.3, 0.4) is 0 Å². The molecule has 3 nitrogen and oxygen atoms in total. The van der Waals surface area contributed by atoms with Gasteiger partial charge in [0.1, 0.15) is 5.75 Å². The first-order valence-corrected chi connectivity index (χ1v) is 10.1. The van der Waals surface area contributed by atoms with Crippen molar-refractivity contribution >= 4 is 10.9 Å². The van der Waals surface area contributed by atoms with Gasteiger partial charge in [-0.2, -0.15) is 0 Å². The smallest absolute Gasteiger partial charge is 0.128 e. The van der Waals surface area contributed by atoms with E-state index in [9.17, 15) is 0 Å². The number of hydrogen-bond acceptors (Lipinski definition) is 2. The van der Waals surface area contributed by atoms with Crippen LogP contribution in [-0.4, -0.2) is 30.1 Å². The summed E-state index contributed by atoms with van der Waals surface area (Å²) in [5.74, 6) is 3.53. The van der Waals surface area contributed by atoms with E-state index in [0.29, 0.717) is 6.04 Å². The quantitative estimate of drug-likeness (QED) is 0.832. The predicted octanol–water partition coefficient (Wildman–Crippen LogP) is 5.17. The normalized spacial score (nSPS) is 27.8. The van der Waals surface area contributed by atoms with Crippen LogP contribution in [-0.2, 0) is 6.42 Å². The van der Waals surface area contributed by atoms with Crippen LogP contribution in [0.1, 0.15) is 57.3 Å². The summed E-state index contributed by atoms with van der Waals surface area (Å²) in [5.41, 5.74) is 4.21. The summed E-state index contributed by atoms with van der Waals surface area (Å²) in [4.78, 5) is 6.53. The lowest BCUT2D eigenvalue weighted by Crippen LogP contribution is -2.47. The molecule has 1 aromatic carbocycles. The Morgan fingerprint density at radius 2 is 2.16 bits per heavy atom. The van der Waals surface area contributed by atoms with Crippen molar-refractivity contribution in [1.82, 2.24) is 9.88 Å². The number of H-pyrrole nitrogens is 1. The van der Waals surface area contributed by atoms with E-state index in [4.69, 9.17) is 4.74 Å². The Labute approximate surface area is 151 Å². The molecule has 2 aliphatic heterocycles. The molecule has 1 N–H and O–H groups in total. The lowest BCUT2D eigenvalue weighted by molar-refractivity contribution is 0.0269. The van der Waals surface area contributed by atoms with Gasteiger partial charge in [-0.15, -0.1) is 0 Å². The fourth-order valence-electron chi connectivity index (χ4n) is 5.41. The van der Waals surface area contributed by atoms with Gasteiger partial charge in [-0.05, 0) is 48.3 Å². The number of nitrogens with zero attached hydrogens (tertiary/aromatic N) is 1. The standard InChI is InChI=1S/C22H32N2O/c1-5-14(3)17-12-19-22-16(10-11-24(19)13-15(17)6-2)21-18(23-22)8-7-9-20(21)25-4/h7-9,14-15,17,19,23H,5-6,10-13H2,1-4H3/t14?,15-,17-,19+/m1/s1. The number of fused-ring (bicyclic) bond motifs is 5. The molecule has 136 valence electrons. The van der Waals surface area contributed by atoms with Gasteiger partial charge in [-0.25, -0.2) is 0 Å². The molecule has 4 atom stereocenters. The predicted molar refractivity (Wildman–Crippen MR) is 104 cm³/mol. The molecular formula is C22H32N2O. The van der Waals surface area contributed by atoms with Gasteiger partial charge in [0.2, 0.25) is 0 Å². The van der Waals surface area contributed by atoms with Crippen LogP contribution >= 0.6 is 0 Å². The van der Waals surface area contributed by atoms with Gasteiger partial charge in [0, 0.05) is 29.7 Å². The number of methoxy groups -OCH3 is 1. The number of hydrogen-bond donors (Lipinski definition) is 1. The molecule has 1 saturated heterocycles. The first-order valence-electron chi connectivity index (χ1n) is 10.1. The van der Waals surface area contributed by atoms with Crippen LogP contribution in [0, 0.1) is 17.8 Å². The van der Waals surface area contributed by atoms with Gasteiger partial charge in [-0.3, -0.25) is 4.90 Å². The molecule has 0 amide bonds. The van der Waals surface area contributed by atoms with E-state index in [1.165, 1.54) is 54.5 Å². The summed E-state index contributed by atoms with van der Waals surface area (Å²) in [6.07, 6.45) is 5.04. The van der Waals surface area contributed by atoms with Gasteiger partial charge in [0.25, 0.3) is 0 Å². The van der Waals surface area contributed by atoms with E-state index >= 15 is 0 Å². The fourth-order valence-corrected chi connectivity index (χ4v) is 5.41. The van der Waals surface area contributed by atoms with E-state index in [2.05, 4.69) is 48.9 Å². The maximum atomic E-state index is 5.67. The van der Waals surface area contributed by atoms with Crippen LogP contribution in [0.4, 0.5) is 0 Å². The summed E-state index contributed by atoms with van der Waals surface area (Å²) in [6.45, 7) is 9.64. The largest absolute Gasteiger partial charge is 0.496 e. The number of rotatable bonds is 4. The molecule has 2 aliphatic rings. The Balaban J connectivity index is 1.75. The summed E-state index contributed by atoms with van der Waals surface area (Å²) in [6, 6.07) is 6.95. The van der Waals surface area contributed by atoms with E-state index in [1.807, 2.05) is 0 Å². The first kappa shape index (κ1) is 17.0. The third kappa shape index (κ3) is 2.68. The molecule has 0 spiro atoms. The van der Waals surface area contributed by atoms with Gasteiger partial charge >= 0.3 is 0 Å². The number of ether oxygens (including phenoxy) is 1. The molecule has 3 heterocycles.